The molecule has 8 nitrogen and oxygen atoms in total. The molecule has 0 aliphatic rings. The summed E-state index contributed by atoms with van der Waals surface area (Å²) < 4.78 is 3.40. The first-order valence-corrected chi connectivity index (χ1v) is 10.5. The highest BCUT2D eigenvalue weighted by Crippen LogP contribution is 2.27. The number of anilines is 1. The van der Waals surface area contributed by atoms with Crippen LogP contribution in [-0.4, -0.2) is 41.3 Å². The molecule has 4 aromatic rings. The normalized spacial score (nSPS) is 11.8. The van der Waals surface area contributed by atoms with E-state index in [2.05, 4.69) is 38.5 Å². The summed E-state index contributed by atoms with van der Waals surface area (Å²) in [7, 11) is 0. The molecule has 160 valence electrons. The smallest absolute Gasteiger partial charge is 0.232 e. The number of fused-ring (bicyclic) bond motifs is 1. The lowest BCUT2D eigenvalue weighted by molar-refractivity contribution is -0.123. The zero-order valence-corrected chi connectivity index (χ0v) is 18.9. The molecule has 0 spiro atoms. The number of rotatable bonds is 5. The number of carbonyl (C=O) groups excluding carboxylic acids is 1. The van der Waals surface area contributed by atoms with Gasteiger partial charge < -0.3 is 5.32 Å². The van der Waals surface area contributed by atoms with E-state index in [4.69, 9.17) is 11.6 Å². The van der Waals surface area contributed by atoms with Crippen LogP contribution in [0.25, 0.3) is 22.5 Å². The van der Waals surface area contributed by atoms with E-state index in [-0.39, 0.29) is 11.8 Å². The van der Waals surface area contributed by atoms with Gasteiger partial charge in [-0.15, -0.1) is 11.6 Å². The van der Waals surface area contributed by atoms with Crippen molar-refractivity contribution in [3.05, 3.63) is 53.6 Å². The number of benzene rings is 1. The molecule has 3 heterocycles. The molecule has 0 radical (unpaired) electrons. The van der Waals surface area contributed by atoms with E-state index in [9.17, 15) is 4.79 Å². The molecule has 9 heteroatoms. The number of hydrogen-bond acceptors (Lipinski definition) is 5. The molecule has 1 amide bonds. The molecule has 3 aromatic heterocycles. The van der Waals surface area contributed by atoms with Crippen molar-refractivity contribution in [1.82, 2.24) is 29.5 Å². The molecule has 31 heavy (non-hydrogen) atoms. The van der Waals surface area contributed by atoms with E-state index in [1.807, 2.05) is 26.0 Å². The van der Waals surface area contributed by atoms with Gasteiger partial charge in [0.2, 0.25) is 5.91 Å². The maximum Gasteiger partial charge on any atom is 0.232 e. The summed E-state index contributed by atoms with van der Waals surface area (Å²) in [5.74, 6) is 1.06. The molecule has 1 aromatic carbocycles. The summed E-state index contributed by atoms with van der Waals surface area (Å²) in [5.41, 5.74) is 3.89. The molecule has 0 fully saturated rings. The average molecular weight is 438 g/mol. The van der Waals surface area contributed by atoms with Crippen LogP contribution < -0.4 is 5.32 Å². The fourth-order valence-corrected chi connectivity index (χ4v) is 3.44. The van der Waals surface area contributed by atoms with Crippen LogP contribution in [0.3, 0.4) is 0 Å². The highest BCUT2D eigenvalue weighted by Gasteiger charge is 2.28. The Kier molecular flexibility index (Phi) is 5.26. The van der Waals surface area contributed by atoms with Crippen LogP contribution in [0.4, 0.5) is 5.82 Å². The number of alkyl halides is 1. The maximum atomic E-state index is 12.7. The van der Waals surface area contributed by atoms with Gasteiger partial charge in [-0.3, -0.25) is 4.79 Å². The standard InChI is InChI=1S/C22H24ClN7O/c1-13-6-7-17(14(2)8-13)29-19-16(10-26-29)20(25-12-24-19)30-18(9-15(3)28-30)27-21(31)22(4,5)11-23/h6-10,12H,11H2,1-5H3,(H,27,31). The molecule has 0 saturated carbocycles. The first-order chi connectivity index (χ1) is 14.7. The van der Waals surface area contributed by atoms with E-state index in [1.54, 1.807) is 35.5 Å². The Labute approximate surface area is 185 Å². The molecule has 1 N–H and O–H groups in total. The van der Waals surface area contributed by atoms with Crippen LogP contribution in [0.5, 0.6) is 0 Å². The third-order valence-electron chi connectivity index (χ3n) is 5.15. The lowest BCUT2D eigenvalue weighted by Crippen LogP contribution is -2.33. The number of amides is 1. The van der Waals surface area contributed by atoms with Gasteiger partial charge in [-0.25, -0.2) is 14.6 Å². The summed E-state index contributed by atoms with van der Waals surface area (Å²) in [6.45, 7) is 9.54. The number of aromatic nitrogens is 6. The van der Waals surface area contributed by atoms with Gasteiger partial charge in [-0.1, -0.05) is 17.7 Å². The molecule has 0 aliphatic heterocycles. The lowest BCUT2D eigenvalue weighted by Gasteiger charge is -2.20. The molecule has 0 saturated heterocycles. The van der Waals surface area contributed by atoms with Crippen molar-refractivity contribution in [1.29, 1.82) is 0 Å². The predicted molar refractivity (Wildman–Crippen MR) is 121 cm³/mol. The highest BCUT2D eigenvalue weighted by molar-refractivity contribution is 6.20. The van der Waals surface area contributed by atoms with Crippen molar-refractivity contribution in [2.45, 2.75) is 34.6 Å². The van der Waals surface area contributed by atoms with Crippen molar-refractivity contribution >= 4 is 34.4 Å². The van der Waals surface area contributed by atoms with Gasteiger partial charge in [0.1, 0.15) is 12.1 Å². The Hall–Kier alpha value is -3.26. The summed E-state index contributed by atoms with van der Waals surface area (Å²) in [5, 5.41) is 12.8. The Bertz CT molecular complexity index is 1290. The second kappa shape index (κ2) is 7.77. The molecule has 0 bridgehead atoms. The quantitative estimate of drug-likeness (QED) is 0.474. The van der Waals surface area contributed by atoms with E-state index in [0.717, 1.165) is 22.3 Å². The van der Waals surface area contributed by atoms with E-state index >= 15 is 0 Å². The number of halogens is 1. The average Bonchev–Trinajstić information content (AvgIpc) is 3.31. The summed E-state index contributed by atoms with van der Waals surface area (Å²) in [6, 6.07) is 7.97. The zero-order valence-electron chi connectivity index (χ0n) is 18.1. The third-order valence-corrected chi connectivity index (χ3v) is 5.82. The Balaban J connectivity index is 1.82. The minimum Gasteiger partial charge on any atom is -0.310 e. The monoisotopic (exact) mass is 437 g/mol. The second-order valence-corrected chi connectivity index (χ2v) is 8.60. The van der Waals surface area contributed by atoms with Gasteiger partial charge >= 0.3 is 0 Å². The molecule has 0 atom stereocenters. The number of aryl methyl sites for hydroxylation is 3. The minimum absolute atomic E-state index is 0.195. The van der Waals surface area contributed by atoms with Crippen LogP contribution in [0.1, 0.15) is 30.7 Å². The number of nitrogens with zero attached hydrogens (tertiary/aromatic N) is 6. The van der Waals surface area contributed by atoms with Gasteiger partial charge in [-0.05, 0) is 46.2 Å². The van der Waals surface area contributed by atoms with Gasteiger partial charge in [0.05, 0.1) is 28.4 Å². The van der Waals surface area contributed by atoms with E-state index < -0.39 is 5.41 Å². The van der Waals surface area contributed by atoms with Crippen molar-refractivity contribution in [2.24, 2.45) is 5.41 Å². The summed E-state index contributed by atoms with van der Waals surface area (Å²) >= 11 is 5.96. The molecule has 0 unspecified atom stereocenters. The first-order valence-electron chi connectivity index (χ1n) is 9.92. The maximum absolute atomic E-state index is 12.7. The van der Waals surface area contributed by atoms with Crippen LogP contribution in [0.2, 0.25) is 0 Å². The Morgan fingerprint density at radius 1 is 1.13 bits per heavy atom. The van der Waals surface area contributed by atoms with Crippen molar-refractivity contribution in [3.63, 3.8) is 0 Å². The highest BCUT2D eigenvalue weighted by atomic mass is 35.5. The molecular weight excluding hydrogens is 414 g/mol. The largest absolute Gasteiger partial charge is 0.310 e. The fourth-order valence-electron chi connectivity index (χ4n) is 3.32. The Morgan fingerprint density at radius 2 is 1.90 bits per heavy atom. The van der Waals surface area contributed by atoms with Crippen LogP contribution in [-0.2, 0) is 4.79 Å². The van der Waals surface area contributed by atoms with Gasteiger partial charge in [0, 0.05) is 11.9 Å². The van der Waals surface area contributed by atoms with Gasteiger partial charge in [0.25, 0.3) is 0 Å². The number of hydrogen-bond donors (Lipinski definition) is 1. The minimum atomic E-state index is -0.723. The van der Waals surface area contributed by atoms with Crippen LogP contribution in [0.15, 0.2) is 36.8 Å². The van der Waals surface area contributed by atoms with Gasteiger partial charge in [-0.2, -0.15) is 14.9 Å². The second-order valence-electron chi connectivity index (χ2n) is 8.34. The third kappa shape index (κ3) is 3.79. The SMILES string of the molecule is Cc1ccc(-n2ncc3c(-n4nc(C)cc4NC(=O)C(C)(C)CCl)ncnc32)c(C)c1. The van der Waals surface area contributed by atoms with Crippen LogP contribution >= 0.6 is 11.6 Å². The topological polar surface area (TPSA) is 90.5 Å². The Morgan fingerprint density at radius 3 is 2.61 bits per heavy atom. The first kappa shape index (κ1) is 21.0. The molecular formula is C22H24ClN7O. The van der Waals surface area contributed by atoms with Crippen molar-refractivity contribution in [2.75, 3.05) is 11.2 Å². The predicted octanol–water partition coefficient (Wildman–Crippen LogP) is 4.13. The molecule has 4 rings (SSSR count). The summed E-state index contributed by atoms with van der Waals surface area (Å²) in [4.78, 5) is 21.6. The lowest BCUT2D eigenvalue weighted by atomic mass is 9.95. The van der Waals surface area contributed by atoms with Crippen molar-refractivity contribution < 1.29 is 4.79 Å². The summed E-state index contributed by atoms with van der Waals surface area (Å²) in [6.07, 6.45) is 3.19. The van der Waals surface area contributed by atoms with Crippen LogP contribution in [0, 0.1) is 26.2 Å². The van der Waals surface area contributed by atoms with Gasteiger partial charge in [0.15, 0.2) is 11.5 Å². The van der Waals surface area contributed by atoms with E-state index in [0.29, 0.717) is 17.3 Å². The number of nitrogens with one attached hydrogen (secondary N) is 1. The van der Waals surface area contributed by atoms with E-state index in [1.165, 1.54) is 11.9 Å². The molecule has 0 aliphatic carbocycles. The zero-order chi connectivity index (χ0) is 22.3. The van der Waals surface area contributed by atoms with Crippen molar-refractivity contribution in [3.8, 4) is 11.5 Å². The number of carbonyl (C=O) groups is 1. The fraction of sp³-hybridized carbons (Fsp3) is 0.318.